The van der Waals surface area contributed by atoms with Crippen molar-refractivity contribution in [2.24, 2.45) is 11.8 Å². The fourth-order valence-corrected chi connectivity index (χ4v) is 2.24. The summed E-state index contributed by atoms with van der Waals surface area (Å²) in [6, 6.07) is -0.249. The molecule has 2 N–H and O–H groups in total. The molecule has 7 nitrogen and oxygen atoms in total. The van der Waals surface area contributed by atoms with Crippen molar-refractivity contribution < 1.29 is 24.2 Å². The van der Waals surface area contributed by atoms with E-state index < -0.39 is 11.9 Å². The van der Waals surface area contributed by atoms with E-state index >= 15 is 0 Å². The van der Waals surface area contributed by atoms with Crippen LogP contribution in [0.25, 0.3) is 0 Å². The number of piperidine rings is 1. The fourth-order valence-electron chi connectivity index (χ4n) is 2.24. The van der Waals surface area contributed by atoms with E-state index in [9.17, 15) is 14.4 Å². The number of hydrogen-bond acceptors (Lipinski definition) is 4. The van der Waals surface area contributed by atoms with Gasteiger partial charge in [-0.05, 0) is 26.2 Å². The van der Waals surface area contributed by atoms with Crippen LogP contribution in [-0.4, -0.2) is 54.2 Å². The Morgan fingerprint density at radius 3 is 2.76 bits per heavy atom. The number of esters is 1. The monoisotopic (exact) mass is 300 g/mol. The van der Waals surface area contributed by atoms with Gasteiger partial charge in [-0.15, -0.1) is 0 Å². The van der Waals surface area contributed by atoms with Crippen molar-refractivity contribution in [3.63, 3.8) is 0 Å². The lowest BCUT2D eigenvalue weighted by Gasteiger charge is -2.31. The molecule has 0 radical (unpaired) electrons. The Hall–Kier alpha value is -1.79. The molecule has 0 aromatic carbocycles. The Balaban J connectivity index is 2.36. The highest BCUT2D eigenvalue weighted by atomic mass is 16.5. The van der Waals surface area contributed by atoms with Gasteiger partial charge in [-0.2, -0.15) is 0 Å². The number of hydrogen-bond donors (Lipinski definition) is 2. The zero-order chi connectivity index (χ0) is 15.8. The zero-order valence-electron chi connectivity index (χ0n) is 12.6. The maximum absolute atomic E-state index is 12.0. The molecular formula is C14H24N2O5. The van der Waals surface area contributed by atoms with Gasteiger partial charge in [-0.1, -0.05) is 6.92 Å². The average molecular weight is 300 g/mol. The zero-order valence-corrected chi connectivity index (χ0v) is 12.6. The van der Waals surface area contributed by atoms with Gasteiger partial charge < -0.3 is 20.1 Å². The summed E-state index contributed by atoms with van der Waals surface area (Å²) in [5.74, 6) is -1.87. The van der Waals surface area contributed by atoms with Crippen molar-refractivity contribution in [3.8, 4) is 0 Å². The number of urea groups is 1. The molecule has 7 heteroatoms. The number of amides is 2. The van der Waals surface area contributed by atoms with E-state index in [1.807, 2.05) is 0 Å². The molecule has 0 aromatic rings. The minimum absolute atomic E-state index is 0.249. The van der Waals surface area contributed by atoms with Gasteiger partial charge in [0.15, 0.2) is 0 Å². The number of likely N-dealkylation sites (tertiary alicyclic amines) is 1. The topological polar surface area (TPSA) is 95.9 Å². The predicted molar refractivity (Wildman–Crippen MR) is 75.7 cm³/mol. The lowest BCUT2D eigenvalue weighted by Crippen LogP contribution is -2.47. The standard InChI is InChI=1S/C14H24N2O5/c1-3-21-13(19)11-5-4-8-16(9-11)14(20)15-7-6-10(2)12(17)18/h10-11H,3-9H2,1-2H3,(H,15,20)(H,17,18). The Morgan fingerprint density at radius 2 is 2.14 bits per heavy atom. The van der Waals surface area contributed by atoms with Gasteiger partial charge in [0.25, 0.3) is 0 Å². The van der Waals surface area contributed by atoms with Crippen LogP contribution in [0.5, 0.6) is 0 Å². The van der Waals surface area contributed by atoms with Gasteiger partial charge in [0.2, 0.25) is 0 Å². The summed E-state index contributed by atoms with van der Waals surface area (Å²) in [6.45, 7) is 4.98. The van der Waals surface area contributed by atoms with Crippen LogP contribution in [0.4, 0.5) is 4.79 Å². The van der Waals surface area contributed by atoms with Crippen molar-refractivity contribution >= 4 is 18.0 Å². The van der Waals surface area contributed by atoms with E-state index in [2.05, 4.69) is 5.32 Å². The van der Waals surface area contributed by atoms with Crippen LogP contribution in [0, 0.1) is 11.8 Å². The first-order chi connectivity index (χ1) is 9.95. The maximum atomic E-state index is 12.0. The SMILES string of the molecule is CCOC(=O)C1CCCN(C(=O)NCCC(C)C(=O)O)C1. The van der Waals surface area contributed by atoms with Crippen LogP contribution in [0.15, 0.2) is 0 Å². The molecule has 2 amide bonds. The van der Waals surface area contributed by atoms with E-state index in [0.717, 1.165) is 12.8 Å². The molecule has 0 aliphatic carbocycles. The highest BCUT2D eigenvalue weighted by Gasteiger charge is 2.29. The molecule has 2 unspecified atom stereocenters. The fraction of sp³-hybridized carbons (Fsp3) is 0.786. The van der Waals surface area contributed by atoms with E-state index in [-0.39, 0.29) is 17.9 Å². The largest absolute Gasteiger partial charge is 0.481 e. The van der Waals surface area contributed by atoms with Crippen LogP contribution in [0.3, 0.4) is 0 Å². The van der Waals surface area contributed by atoms with Gasteiger partial charge >= 0.3 is 18.0 Å². The molecule has 0 spiro atoms. The Labute approximate surface area is 124 Å². The second kappa shape index (κ2) is 8.49. The first kappa shape index (κ1) is 17.3. The first-order valence-corrected chi connectivity index (χ1v) is 7.37. The van der Waals surface area contributed by atoms with Crippen molar-refractivity contribution in [2.75, 3.05) is 26.2 Å². The smallest absolute Gasteiger partial charge is 0.317 e. The Kier molecular flexibility index (Phi) is 6.98. The highest BCUT2D eigenvalue weighted by molar-refractivity contribution is 5.77. The van der Waals surface area contributed by atoms with E-state index in [4.69, 9.17) is 9.84 Å². The molecule has 0 saturated carbocycles. The van der Waals surface area contributed by atoms with Crippen LogP contribution in [0.1, 0.15) is 33.1 Å². The molecule has 1 rings (SSSR count). The summed E-state index contributed by atoms with van der Waals surface area (Å²) in [5, 5.41) is 11.5. The van der Waals surface area contributed by atoms with E-state index in [1.54, 1.807) is 18.7 Å². The molecule has 1 heterocycles. The third kappa shape index (κ3) is 5.61. The Morgan fingerprint density at radius 1 is 1.43 bits per heavy atom. The summed E-state index contributed by atoms with van der Waals surface area (Å²) >= 11 is 0. The molecule has 21 heavy (non-hydrogen) atoms. The lowest BCUT2D eigenvalue weighted by atomic mass is 9.98. The number of ether oxygens (including phenoxy) is 1. The highest BCUT2D eigenvalue weighted by Crippen LogP contribution is 2.18. The number of carbonyl (C=O) groups is 3. The van der Waals surface area contributed by atoms with Crippen molar-refractivity contribution in [1.82, 2.24) is 10.2 Å². The predicted octanol–water partition coefficient (Wildman–Crippen LogP) is 1.08. The van der Waals surface area contributed by atoms with Crippen LogP contribution < -0.4 is 5.32 Å². The lowest BCUT2D eigenvalue weighted by molar-refractivity contribution is -0.149. The first-order valence-electron chi connectivity index (χ1n) is 7.37. The molecule has 120 valence electrons. The third-order valence-electron chi connectivity index (χ3n) is 3.60. The van der Waals surface area contributed by atoms with Crippen molar-refractivity contribution in [3.05, 3.63) is 0 Å². The second-order valence-electron chi connectivity index (χ2n) is 5.30. The minimum atomic E-state index is -0.871. The van der Waals surface area contributed by atoms with Crippen LogP contribution in [0.2, 0.25) is 0 Å². The van der Waals surface area contributed by atoms with Crippen molar-refractivity contribution in [1.29, 1.82) is 0 Å². The number of nitrogens with zero attached hydrogens (tertiary/aromatic N) is 1. The average Bonchev–Trinajstić information content (AvgIpc) is 2.47. The summed E-state index contributed by atoms with van der Waals surface area (Å²) in [4.78, 5) is 36.0. The number of rotatable bonds is 6. The maximum Gasteiger partial charge on any atom is 0.317 e. The van der Waals surface area contributed by atoms with E-state index in [0.29, 0.717) is 32.7 Å². The molecular weight excluding hydrogens is 276 g/mol. The summed E-state index contributed by atoms with van der Waals surface area (Å²) in [7, 11) is 0. The summed E-state index contributed by atoms with van der Waals surface area (Å²) < 4.78 is 4.99. The molecule has 1 aliphatic rings. The van der Waals surface area contributed by atoms with Gasteiger partial charge in [-0.3, -0.25) is 9.59 Å². The number of aliphatic carboxylic acids is 1. The second-order valence-corrected chi connectivity index (χ2v) is 5.30. The number of nitrogens with one attached hydrogen (secondary N) is 1. The normalized spacial score (nSPS) is 19.7. The summed E-state index contributed by atoms with van der Waals surface area (Å²) in [5.41, 5.74) is 0. The Bertz CT molecular complexity index is 386. The molecule has 1 saturated heterocycles. The third-order valence-corrected chi connectivity index (χ3v) is 3.60. The van der Waals surface area contributed by atoms with Crippen LogP contribution in [-0.2, 0) is 14.3 Å². The molecule has 1 aliphatic heterocycles. The van der Waals surface area contributed by atoms with Gasteiger partial charge in [-0.25, -0.2) is 4.79 Å². The number of carbonyl (C=O) groups excluding carboxylic acids is 2. The number of carboxylic acid groups (broad SMARTS) is 1. The molecule has 0 bridgehead atoms. The molecule has 2 atom stereocenters. The quantitative estimate of drug-likeness (QED) is 0.716. The minimum Gasteiger partial charge on any atom is -0.481 e. The van der Waals surface area contributed by atoms with Gasteiger partial charge in [0.1, 0.15) is 0 Å². The number of carboxylic acids is 1. The summed E-state index contributed by atoms with van der Waals surface area (Å²) in [6.07, 6.45) is 1.89. The molecule has 0 aromatic heterocycles. The molecule has 1 fully saturated rings. The van der Waals surface area contributed by atoms with Crippen LogP contribution >= 0.6 is 0 Å². The van der Waals surface area contributed by atoms with E-state index in [1.165, 1.54) is 0 Å². The van der Waals surface area contributed by atoms with Crippen molar-refractivity contribution in [2.45, 2.75) is 33.1 Å². The van der Waals surface area contributed by atoms with Gasteiger partial charge in [0, 0.05) is 19.6 Å². The van der Waals surface area contributed by atoms with Gasteiger partial charge in [0.05, 0.1) is 18.4 Å².